The Morgan fingerprint density at radius 1 is 1.24 bits per heavy atom. The molecule has 3 heteroatoms. The van der Waals surface area contributed by atoms with E-state index >= 15 is 0 Å². The van der Waals surface area contributed by atoms with Gasteiger partial charge in [-0.3, -0.25) is 0 Å². The molecule has 0 fully saturated rings. The first-order valence-corrected chi connectivity index (χ1v) is 7.34. The van der Waals surface area contributed by atoms with Crippen molar-refractivity contribution in [3.8, 4) is 0 Å². The minimum absolute atomic E-state index is 0.0758. The quantitative estimate of drug-likeness (QED) is 0.746. The number of aryl methyl sites for hydroxylation is 2. The molecule has 0 unspecified atom stereocenters. The van der Waals surface area contributed by atoms with E-state index < -0.39 is 0 Å². The van der Waals surface area contributed by atoms with E-state index in [1.54, 1.807) is 0 Å². The fourth-order valence-corrected chi connectivity index (χ4v) is 2.45. The summed E-state index contributed by atoms with van der Waals surface area (Å²) in [4.78, 5) is 0. The largest absolute Gasteiger partial charge is 0.313 e. The van der Waals surface area contributed by atoms with E-state index in [1.807, 2.05) is 37.7 Å². The third-order valence-electron chi connectivity index (χ3n) is 2.67. The van der Waals surface area contributed by atoms with Gasteiger partial charge in [0.25, 0.3) is 0 Å². The van der Waals surface area contributed by atoms with Crippen LogP contribution in [0.2, 0.25) is 0 Å². The summed E-state index contributed by atoms with van der Waals surface area (Å²) < 4.78 is 13.4. The van der Waals surface area contributed by atoms with Crippen molar-refractivity contribution >= 4 is 11.8 Å². The van der Waals surface area contributed by atoms with Crippen LogP contribution in [-0.2, 0) is 6.54 Å². The highest BCUT2D eigenvalue weighted by Crippen LogP contribution is 2.14. The van der Waals surface area contributed by atoms with E-state index in [2.05, 4.69) is 12.2 Å². The van der Waals surface area contributed by atoms with Crippen LogP contribution in [0.15, 0.2) is 12.1 Å². The summed E-state index contributed by atoms with van der Waals surface area (Å²) >= 11 is 1.97. The highest BCUT2D eigenvalue weighted by Gasteiger charge is 2.03. The van der Waals surface area contributed by atoms with Crippen molar-refractivity contribution in [2.45, 2.75) is 33.7 Å². The lowest BCUT2D eigenvalue weighted by Crippen LogP contribution is -2.15. The van der Waals surface area contributed by atoms with Crippen LogP contribution in [0.4, 0.5) is 4.39 Å². The van der Waals surface area contributed by atoms with Gasteiger partial charge in [-0.1, -0.05) is 19.1 Å². The predicted octanol–water partition coefficient (Wildman–Crippen LogP) is 3.68. The summed E-state index contributed by atoms with van der Waals surface area (Å²) in [6, 6.07) is 3.85. The van der Waals surface area contributed by atoms with Gasteiger partial charge >= 0.3 is 0 Å². The smallest absolute Gasteiger partial charge is 0.129 e. The van der Waals surface area contributed by atoms with Crippen LogP contribution in [0.25, 0.3) is 0 Å². The molecular weight excluding hydrogens is 233 g/mol. The summed E-state index contributed by atoms with van der Waals surface area (Å²) in [5, 5.41) is 3.40. The van der Waals surface area contributed by atoms with Crippen LogP contribution in [-0.4, -0.2) is 18.1 Å². The number of thioether (sulfide) groups is 1. The average molecular weight is 255 g/mol. The summed E-state index contributed by atoms with van der Waals surface area (Å²) in [6.07, 6.45) is 1.19. The lowest BCUT2D eigenvalue weighted by molar-refractivity contribution is 0.606. The molecule has 0 heterocycles. The van der Waals surface area contributed by atoms with Crippen molar-refractivity contribution < 1.29 is 4.39 Å². The first kappa shape index (κ1) is 14.5. The molecule has 0 aromatic heterocycles. The maximum Gasteiger partial charge on any atom is 0.129 e. The number of hydrogen-bond acceptors (Lipinski definition) is 2. The molecular formula is C14H22FNS. The van der Waals surface area contributed by atoms with Crippen LogP contribution in [0.3, 0.4) is 0 Å². The molecule has 0 radical (unpaired) electrons. The zero-order chi connectivity index (χ0) is 12.7. The van der Waals surface area contributed by atoms with Crippen LogP contribution < -0.4 is 5.32 Å². The van der Waals surface area contributed by atoms with Gasteiger partial charge in [-0.2, -0.15) is 11.8 Å². The number of benzene rings is 1. The van der Waals surface area contributed by atoms with Gasteiger partial charge in [-0.25, -0.2) is 4.39 Å². The van der Waals surface area contributed by atoms with Gasteiger partial charge in [0.1, 0.15) is 5.82 Å². The minimum Gasteiger partial charge on any atom is -0.313 e. The van der Waals surface area contributed by atoms with Crippen LogP contribution in [0.5, 0.6) is 0 Å². The van der Waals surface area contributed by atoms with Gasteiger partial charge in [0.05, 0.1) is 0 Å². The molecule has 1 aromatic rings. The predicted molar refractivity (Wildman–Crippen MR) is 75.2 cm³/mol. The second kappa shape index (κ2) is 7.72. The normalized spacial score (nSPS) is 10.8. The molecule has 0 aliphatic carbocycles. The SMILES string of the molecule is CCSCCCNCc1cc(C)c(F)c(C)c1. The van der Waals surface area contributed by atoms with Gasteiger partial charge in [0.2, 0.25) is 0 Å². The molecule has 17 heavy (non-hydrogen) atoms. The third kappa shape index (κ3) is 5.09. The van der Waals surface area contributed by atoms with Gasteiger partial charge < -0.3 is 5.32 Å². The molecule has 0 bridgehead atoms. The van der Waals surface area contributed by atoms with Crippen LogP contribution >= 0.6 is 11.8 Å². The van der Waals surface area contributed by atoms with E-state index in [9.17, 15) is 4.39 Å². The summed E-state index contributed by atoms with van der Waals surface area (Å²) in [6.45, 7) is 7.69. The monoisotopic (exact) mass is 255 g/mol. The van der Waals surface area contributed by atoms with Crippen LogP contribution in [0.1, 0.15) is 30.0 Å². The molecule has 0 saturated heterocycles. The highest BCUT2D eigenvalue weighted by molar-refractivity contribution is 7.99. The van der Waals surface area contributed by atoms with Gasteiger partial charge in [-0.15, -0.1) is 0 Å². The fraction of sp³-hybridized carbons (Fsp3) is 0.571. The Kier molecular flexibility index (Phi) is 6.60. The Morgan fingerprint density at radius 3 is 2.47 bits per heavy atom. The Bertz CT molecular complexity index is 329. The number of hydrogen-bond donors (Lipinski definition) is 1. The number of halogens is 1. The molecule has 1 aromatic carbocycles. The second-order valence-corrected chi connectivity index (χ2v) is 5.66. The molecule has 0 amide bonds. The Morgan fingerprint density at radius 2 is 1.88 bits per heavy atom. The molecule has 1 N–H and O–H groups in total. The second-order valence-electron chi connectivity index (χ2n) is 4.27. The van der Waals surface area contributed by atoms with Crippen molar-refractivity contribution in [3.63, 3.8) is 0 Å². The minimum atomic E-state index is -0.0758. The molecule has 0 atom stereocenters. The topological polar surface area (TPSA) is 12.0 Å². The standard InChI is InChI=1S/C14H22FNS/c1-4-17-7-5-6-16-10-13-8-11(2)14(15)12(3)9-13/h8-9,16H,4-7,10H2,1-3H3. The Balaban J connectivity index is 2.32. The van der Waals surface area contributed by atoms with Crippen molar-refractivity contribution in [3.05, 3.63) is 34.6 Å². The van der Waals surface area contributed by atoms with E-state index in [4.69, 9.17) is 0 Å². The molecule has 0 aliphatic heterocycles. The van der Waals surface area contributed by atoms with Gasteiger partial charge in [0, 0.05) is 6.54 Å². The van der Waals surface area contributed by atoms with E-state index in [-0.39, 0.29) is 5.82 Å². The molecule has 0 spiro atoms. The maximum absolute atomic E-state index is 13.4. The number of rotatable bonds is 7. The molecule has 1 rings (SSSR count). The lowest BCUT2D eigenvalue weighted by atomic mass is 10.1. The van der Waals surface area contributed by atoms with Crippen molar-refractivity contribution in [1.29, 1.82) is 0 Å². The Hall–Kier alpha value is -0.540. The number of nitrogens with one attached hydrogen (secondary N) is 1. The lowest BCUT2D eigenvalue weighted by Gasteiger charge is -2.08. The first-order valence-electron chi connectivity index (χ1n) is 6.19. The highest BCUT2D eigenvalue weighted by atomic mass is 32.2. The summed E-state index contributed by atoms with van der Waals surface area (Å²) in [5.41, 5.74) is 2.65. The van der Waals surface area contributed by atoms with Crippen LogP contribution in [0, 0.1) is 19.7 Å². The van der Waals surface area contributed by atoms with Crippen molar-refractivity contribution in [2.75, 3.05) is 18.1 Å². The summed E-state index contributed by atoms with van der Waals surface area (Å²) in [7, 11) is 0. The van der Waals surface area contributed by atoms with Gasteiger partial charge in [-0.05, 0) is 55.0 Å². The van der Waals surface area contributed by atoms with Gasteiger partial charge in [0.15, 0.2) is 0 Å². The molecule has 0 saturated carbocycles. The molecule has 1 nitrogen and oxygen atoms in total. The molecule has 0 aliphatic rings. The molecule has 96 valence electrons. The first-order chi connectivity index (χ1) is 8.15. The van der Waals surface area contributed by atoms with E-state index in [0.29, 0.717) is 0 Å². The Labute approximate surface area is 108 Å². The summed E-state index contributed by atoms with van der Waals surface area (Å²) in [5.74, 6) is 2.33. The zero-order valence-corrected chi connectivity index (χ0v) is 11.8. The van der Waals surface area contributed by atoms with E-state index in [1.165, 1.54) is 23.5 Å². The third-order valence-corrected chi connectivity index (χ3v) is 3.66. The van der Waals surface area contributed by atoms with E-state index in [0.717, 1.165) is 24.2 Å². The maximum atomic E-state index is 13.4. The fourth-order valence-electron chi connectivity index (χ4n) is 1.81. The zero-order valence-electron chi connectivity index (χ0n) is 11.0. The average Bonchev–Trinajstić information content (AvgIpc) is 2.30. The van der Waals surface area contributed by atoms with Crippen molar-refractivity contribution in [2.24, 2.45) is 0 Å². The van der Waals surface area contributed by atoms with Crippen molar-refractivity contribution in [1.82, 2.24) is 5.32 Å².